The molecule has 0 unspecified atom stereocenters. The van der Waals surface area contributed by atoms with Crippen molar-refractivity contribution in [2.24, 2.45) is 0 Å². The number of carbonyl (C=O) groups is 1. The fourth-order valence-corrected chi connectivity index (χ4v) is 1.86. The summed E-state index contributed by atoms with van der Waals surface area (Å²) in [6, 6.07) is 5.89. The van der Waals surface area contributed by atoms with Gasteiger partial charge in [0.25, 0.3) is 0 Å². The molecule has 0 fully saturated rings. The van der Waals surface area contributed by atoms with Crippen molar-refractivity contribution in [1.29, 1.82) is 0 Å². The van der Waals surface area contributed by atoms with E-state index in [0.29, 0.717) is 24.5 Å². The molecule has 0 spiro atoms. The molecule has 1 rings (SSSR count). The van der Waals surface area contributed by atoms with Crippen LogP contribution < -0.4 is 9.64 Å². The van der Waals surface area contributed by atoms with Gasteiger partial charge in [-0.3, -0.25) is 4.79 Å². The van der Waals surface area contributed by atoms with Gasteiger partial charge in [0, 0.05) is 20.1 Å². The molecule has 0 heterocycles. The van der Waals surface area contributed by atoms with E-state index in [-0.39, 0.29) is 12.5 Å². The quantitative estimate of drug-likeness (QED) is 0.860. The number of hydrogen-bond acceptors (Lipinski definition) is 3. The average molecular weight is 265 g/mol. The van der Waals surface area contributed by atoms with Crippen LogP contribution in [0.4, 0.5) is 5.69 Å². The van der Waals surface area contributed by atoms with Gasteiger partial charge in [-0.1, -0.05) is 19.9 Å². The molecule has 19 heavy (non-hydrogen) atoms. The Bertz CT molecular complexity index is 429. The summed E-state index contributed by atoms with van der Waals surface area (Å²) in [6.07, 6.45) is 0.817. The van der Waals surface area contributed by atoms with Crippen LogP contribution in [0.2, 0.25) is 0 Å². The van der Waals surface area contributed by atoms with Gasteiger partial charge in [0.1, 0.15) is 5.75 Å². The summed E-state index contributed by atoms with van der Waals surface area (Å²) < 4.78 is 5.37. The molecule has 1 aromatic rings. The normalized spacial score (nSPS) is 10.6. The Morgan fingerprint density at radius 2 is 2.11 bits per heavy atom. The van der Waals surface area contributed by atoms with Gasteiger partial charge in [0.15, 0.2) is 0 Å². The minimum Gasteiger partial charge on any atom is -0.495 e. The fourth-order valence-electron chi connectivity index (χ4n) is 1.86. The highest BCUT2D eigenvalue weighted by atomic mass is 16.5. The lowest BCUT2D eigenvalue weighted by atomic mass is 10.0. The number of aliphatic hydroxyl groups is 1. The molecule has 0 aliphatic heterocycles. The lowest BCUT2D eigenvalue weighted by molar-refractivity contribution is -0.118. The van der Waals surface area contributed by atoms with Gasteiger partial charge in [-0.25, -0.2) is 0 Å². The zero-order chi connectivity index (χ0) is 14.4. The molecular formula is C15H23NO3. The second kappa shape index (κ2) is 7.14. The second-order valence-electron chi connectivity index (χ2n) is 4.87. The smallest absolute Gasteiger partial charge is 0.226 e. The molecule has 0 radical (unpaired) electrons. The largest absolute Gasteiger partial charge is 0.495 e. The van der Waals surface area contributed by atoms with Crippen molar-refractivity contribution in [3.63, 3.8) is 0 Å². The first kappa shape index (κ1) is 15.5. The molecule has 0 bridgehead atoms. The van der Waals surface area contributed by atoms with Crippen LogP contribution in [0.25, 0.3) is 0 Å². The van der Waals surface area contributed by atoms with Crippen LogP contribution in [0.15, 0.2) is 18.2 Å². The third-order valence-electron chi connectivity index (χ3n) is 3.15. The van der Waals surface area contributed by atoms with Gasteiger partial charge < -0.3 is 14.7 Å². The minimum atomic E-state index is -0.0235. The molecule has 4 heteroatoms. The minimum absolute atomic E-state index is 0.0235. The monoisotopic (exact) mass is 265 g/mol. The molecule has 1 aromatic carbocycles. The number of ether oxygens (including phenoxy) is 1. The number of nitrogens with zero attached hydrogens (tertiary/aromatic N) is 1. The third-order valence-corrected chi connectivity index (χ3v) is 3.15. The van der Waals surface area contributed by atoms with Crippen molar-refractivity contribution in [3.8, 4) is 5.75 Å². The van der Waals surface area contributed by atoms with E-state index in [1.807, 2.05) is 18.2 Å². The number of carbonyl (C=O) groups excluding carboxylic acids is 1. The highest BCUT2D eigenvalue weighted by Gasteiger charge is 2.15. The van der Waals surface area contributed by atoms with E-state index in [0.717, 1.165) is 5.69 Å². The lowest BCUT2D eigenvalue weighted by Gasteiger charge is -2.21. The number of benzene rings is 1. The number of rotatable bonds is 6. The van der Waals surface area contributed by atoms with E-state index in [1.54, 1.807) is 19.1 Å². The number of amides is 1. The van der Waals surface area contributed by atoms with Crippen LogP contribution in [-0.2, 0) is 4.79 Å². The molecule has 0 aromatic heterocycles. The highest BCUT2D eigenvalue weighted by Crippen LogP contribution is 2.31. The van der Waals surface area contributed by atoms with E-state index >= 15 is 0 Å². The van der Waals surface area contributed by atoms with Crippen molar-refractivity contribution < 1.29 is 14.6 Å². The zero-order valence-corrected chi connectivity index (χ0v) is 12.1. The van der Waals surface area contributed by atoms with Crippen molar-refractivity contribution in [1.82, 2.24) is 0 Å². The van der Waals surface area contributed by atoms with Crippen LogP contribution in [0.1, 0.15) is 38.2 Å². The third kappa shape index (κ3) is 3.96. The van der Waals surface area contributed by atoms with Gasteiger partial charge >= 0.3 is 0 Å². The lowest BCUT2D eigenvalue weighted by Crippen LogP contribution is -2.26. The Morgan fingerprint density at radius 1 is 1.42 bits per heavy atom. The van der Waals surface area contributed by atoms with Gasteiger partial charge in [0.2, 0.25) is 5.91 Å². The van der Waals surface area contributed by atoms with Crippen molar-refractivity contribution >= 4 is 11.6 Å². The van der Waals surface area contributed by atoms with Gasteiger partial charge in [0.05, 0.1) is 12.8 Å². The van der Waals surface area contributed by atoms with Gasteiger partial charge in [-0.15, -0.1) is 0 Å². The van der Waals surface area contributed by atoms with E-state index < -0.39 is 0 Å². The molecule has 1 amide bonds. The second-order valence-corrected chi connectivity index (χ2v) is 4.87. The molecule has 0 aliphatic rings. The van der Waals surface area contributed by atoms with Crippen molar-refractivity contribution in [2.45, 2.75) is 32.6 Å². The van der Waals surface area contributed by atoms with Crippen LogP contribution in [0, 0.1) is 0 Å². The Balaban J connectivity index is 2.96. The maximum Gasteiger partial charge on any atom is 0.226 e. The van der Waals surface area contributed by atoms with Crippen LogP contribution in [0.5, 0.6) is 5.75 Å². The number of hydrogen-bond donors (Lipinski definition) is 1. The average Bonchev–Trinajstić information content (AvgIpc) is 2.42. The molecule has 0 saturated heterocycles. The number of aliphatic hydroxyl groups excluding tert-OH is 1. The first-order chi connectivity index (χ1) is 9.01. The Labute approximate surface area is 115 Å². The van der Waals surface area contributed by atoms with E-state index in [1.165, 1.54) is 5.56 Å². The Morgan fingerprint density at radius 3 is 2.63 bits per heavy atom. The van der Waals surface area contributed by atoms with Crippen LogP contribution >= 0.6 is 0 Å². The molecule has 0 saturated carbocycles. The van der Waals surface area contributed by atoms with Gasteiger partial charge in [-0.2, -0.15) is 0 Å². The van der Waals surface area contributed by atoms with Crippen molar-refractivity contribution in [2.75, 3.05) is 25.7 Å². The van der Waals surface area contributed by atoms with E-state index in [4.69, 9.17) is 9.84 Å². The predicted octanol–water partition coefficient (Wildman–Crippen LogP) is 2.55. The molecule has 0 aliphatic carbocycles. The van der Waals surface area contributed by atoms with Crippen LogP contribution in [0.3, 0.4) is 0 Å². The predicted molar refractivity (Wildman–Crippen MR) is 76.8 cm³/mol. The van der Waals surface area contributed by atoms with Crippen molar-refractivity contribution in [3.05, 3.63) is 23.8 Å². The number of methoxy groups -OCH3 is 1. The molecular weight excluding hydrogens is 242 g/mol. The van der Waals surface area contributed by atoms with E-state index in [9.17, 15) is 4.79 Å². The molecule has 4 nitrogen and oxygen atoms in total. The first-order valence-corrected chi connectivity index (χ1v) is 6.56. The SMILES string of the molecule is COc1cc(C(C)C)ccc1N(C)C(=O)CCCO. The summed E-state index contributed by atoms with van der Waals surface area (Å²) >= 11 is 0. The summed E-state index contributed by atoms with van der Waals surface area (Å²) in [4.78, 5) is 13.5. The van der Waals surface area contributed by atoms with Crippen LogP contribution in [-0.4, -0.2) is 31.8 Å². The standard InChI is InChI=1S/C15H23NO3/c1-11(2)12-7-8-13(14(10-12)19-4)16(3)15(18)6-5-9-17/h7-8,10-11,17H,5-6,9H2,1-4H3. The molecule has 1 N–H and O–H groups in total. The first-order valence-electron chi connectivity index (χ1n) is 6.56. The summed E-state index contributed by atoms with van der Waals surface area (Å²) in [5.41, 5.74) is 1.94. The molecule has 106 valence electrons. The summed E-state index contributed by atoms with van der Waals surface area (Å²) in [5.74, 6) is 1.09. The topological polar surface area (TPSA) is 49.8 Å². The summed E-state index contributed by atoms with van der Waals surface area (Å²) in [7, 11) is 3.33. The maximum absolute atomic E-state index is 11.9. The molecule has 0 atom stereocenters. The zero-order valence-electron chi connectivity index (χ0n) is 12.1. The Hall–Kier alpha value is -1.55. The highest BCUT2D eigenvalue weighted by molar-refractivity contribution is 5.94. The fraction of sp³-hybridized carbons (Fsp3) is 0.533. The number of anilines is 1. The van der Waals surface area contributed by atoms with Gasteiger partial charge in [-0.05, 0) is 30.0 Å². The maximum atomic E-state index is 11.9. The summed E-state index contributed by atoms with van der Waals surface area (Å²) in [5, 5.41) is 8.77. The Kier molecular flexibility index (Phi) is 5.83. The van der Waals surface area contributed by atoms with E-state index in [2.05, 4.69) is 13.8 Å². The summed E-state index contributed by atoms with van der Waals surface area (Å²) in [6.45, 7) is 4.26.